The molecule has 0 heterocycles. The molecule has 2 nitrogen and oxygen atoms in total. The summed E-state index contributed by atoms with van der Waals surface area (Å²) in [6.07, 6.45) is 6.81. The molecule has 0 saturated heterocycles. The van der Waals surface area contributed by atoms with Gasteiger partial charge in [0, 0.05) is 0 Å². The second-order valence-electron chi connectivity index (χ2n) is 3.58. The first-order valence-corrected chi connectivity index (χ1v) is 4.57. The topological polar surface area (TPSA) is 37.3 Å². The van der Waals surface area contributed by atoms with E-state index < -0.39 is 5.97 Å². The molecular weight excluding hydrogens is 188 g/mol. The van der Waals surface area contributed by atoms with Crippen molar-refractivity contribution in [3.63, 3.8) is 0 Å². The molecule has 0 radical (unpaired) electrons. The van der Waals surface area contributed by atoms with Crippen LogP contribution in [0.25, 0.3) is 0 Å². The maximum atomic E-state index is 10.6. The van der Waals surface area contributed by atoms with Crippen LogP contribution >= 0.6 is 12.4 Å². The molecule has 0 spiro atoms. The van der Waals surface area contributed by atoms with Crippen LogP contribution in [0.2, 0.25) is 0 Å². The van der Waals surface area contributed by atoms with E-state index in [-0.39, 0.29) is 18.3 Å². The van der Waals surface area contributed by atoms with Crippen molar-refractivity contribution in [3.8, 4) is 0 Å². The van der Waals surface area contributed by atoms with Gasteiger partial charge in [-0.3, -0.25) is 4.79 Å². The lowest BCUT2D eigenvalue weighted by Crippen LogP contribution is -2.20. The predicted octanol–water partition coefficient (Wildman–Crippen LogP) is 2.88. The van der Waals surface area contributed by atoms with Crippen molar-refractivity contribution >= 4 is 18.4 Å². The van der Waals surface area contributed by atoms with E-state index in [0.29, 0.717) is 5.92 Å². The number of halogens is 1. The van der Waals surface area contributed by atoms with Crippen molar-refractivity contribution in [2.24, 2.45) is 11.8 Å². The Labute approximate surface area is 85.4 Å². The summed E-state index contributed by atoms with van der Waals surface area (Å²) in [7, 11) is 0. The van der Waals surface area contributed by atoms with Crippen LogP contribution in [-0.2, 0) is 4.79 Å². The predicted molar refractivity (Wildman–Crippen MR) is 55.1 cm³/mol. The molecule has 0 atom stereocenters. The summed E-state index contributed by atoms with van der Waals surface area (Å²) >= 11 is 0. The van der Waals surface area contributed by atoms with Gasteiger partial charge in [-0.2, -0.15) is 0 Å². The van der Waals surface area contributed by atoms with E-state index in [1.54, 1.807) is 0 Å². The Morgan fingerprint density at radius 2 is 1.92 bits per heavy atom. The minimum atomic E-state index is -0.618. The van der Waals surface area contributed by atoms with Crippen LogP contribution in [0.4, 0.5) is 0 Å². The molecular formula is C10H17ClO2. The van der Waals surface area contributed by atoms with Gasteiger partial charge < -0.3 is 5.11 Å². The first-order valence-electron chi connectivity index (χ1n) is 4.57. The van der Waals surface area contributed by atoms with Crippen LogP contribution in [0.15, 0.2) is 12.7 Å². The van der Waals surface area contributed by atoms with E-state index in [0.717, 1.165) is 32.1 Å². The number of rotatable bonds is 3. The molecule has 1 rings (SSSR count). The van der Waals surface area contributed by atoms with Crippen molar-refractivity contribution in [2.75, 3.05) is 0 Å². The zero-order chi connectivity index (χ0) is 8.97. The second-order valence-corrected chi connectivity index (χ2v) is 3.58. The first-order chi connectivity index (χ1) is 5.74. The second kappa shape index (κ2) is 6.03. The average Bonchev–Trinajstić information content (AvgIpc) is 2.06. The van der Waals surface area contributed by atoms with E-state index in [2.05, 4.69) is 6.58 Å². The number of hydrogen-bond donors (Lipinski definition) is 1. The summed E-state index contributed by atoms with van der Waals surface area (Å²) in [6.45, 7) is 3.69. The van der Waals surface area contributed by atoms with Crippen LogP contribution < -0.4 is 0 Å². The Morgan fingerprint density at radius 3 is 2.31 bits per heavy atom. The fourth-order valence-corrected chi connectivity index (χ4v) is 1.88. The molecule has 1 aliphatic carbocycles. The van der Waals surface area contributed by atoms with Crippen LogP contribution in [0.1, 0.15) is 32.1 Å². The summed E-state index contributed by atoms with van der Waals surface area (Å²) in [5.41, 5.74) is 0. The lowest BCUT2D eigenvalue weighted by atomic mass is 9.81. The molecule has 0 unspecified atom stereocenters. The average molecular weight is 205 g/mol. The molecule has 0 amide bonds. The molecule has 1 aliphatic rings. The van der Waals surface area contributed by atoms with Gasteiger partial charge in [0.25, 0.3) is 0 Å². The molecule has 76 valence electrons. The Hall–Kier alpha value is -0.500. The fraction of sp³-hybridized carbons (Fsp3) is 0.700. The molecule has 0 aliphatic heterocycles. The van der Waals surface area contributed by atoms with E-state index in [4.69, 9.17) is 5.11 Å². The van der Waals surface area contributed by atoms with E-state index in [9.17, 15) is 4.79 Å². The smallest absolute Gasteiger partial charge is 0.306 e. The number of aliphatic carboxylic acids is 1. The monoisotopic (exact) mass is 204 g/mol. The summed E-state index contributed by atoms with van der Waals surface area (Å²) < 4.78 is 0. The normalized spacial score (nSPS) is 27.4. The van der Waals surface area contributed by atoms with Crippen LogP contribution in [0.5, 0.6) is 0 Å². The van der Waals surface area contributed by atoms with Crippen LogP contribution in [-0.4, -0.2) is 11.1 Å². The van der Waals surface area contributed by atoms with Crippen molar-refractivity contribution in [1.82, 2.24) is 0 Å². The molecule has 1 saturated carbocycles. The Balaban J connectivity index is 0.00000144. The van der Waals surface area contributed by atoms with Crippen LogP contribution in [0, 0.1) is 11.8 Å². The van der Waals surface area contributed by atoms with Gasteiger partial charge in [-0.25, -0.2) is 0 Å². The molecule has 0 bridgehead atoms. The van der Waals surface area contributed by atoms with Gasteiger partial charge in [0.15, 0.2) is 0 Å². The van der Waals surface area contributed by atoms with Gasteiger partial charge in [-0.05, 0) is 38.0 Å². The summed E-state index contributed by atoms with van der Waals surface area (Å²) in [4.78, 5) is 10.6. The number of allylic oxidation sites excluding steroid dienone is 1. The summed E-state index contributed by atoms with van der Waals surface area (Å²) in [5.74, 6) is -0.00350. The van der Waals surface area contributed by atoms with E-state index in [1.807, 2.05) is 6.08 Å². The zero-order valence-electron chi connectivity index (χ0n) is 7.74. The van der Waals surface area contributed by atoms with Gasteiger partial charge in [-0.15, -0.1) is 19.0 Å². The Bertz CT molecular complexity index is 172. The van der Waals surface area contributed by atoms with Crippen molar-refractivity contribution < 1.29 is 9.90 Å². The van der Waals surface area contributed by atoms with Gasteiger partial charge >= 0.3 is 5.97 Å². The molecule has 1 N–H and O–H groups in total. The third kappa shape index (κ3) is 3.81. The highest BCUT2D eigenvalue weighted by Gasteiger charge is 2.24. The maximum absolute atomic E-state index is 10.6. The molecule has 0 aromatic heterocycles. The molecule has 13 heavy (non-hydrogen) atoms. The zero-order valence-corrected chi connectivity index (χ0v) is 8.55. The third-order valence-electron chi connectivity index (χ3n) is 2.70. The minimum absolute atomic E-state index is 0. The number of carboxylic acid groups (broad SMARTS) is 1. The van der Waals surface area contributed by atoms with Gasteiger partial charge in [0.05, 0.1) is 5.92 Å². The minimum Gasteiger partial charge on any atom is -0.481 e. The highest BCUT2D eigenvalue weighted by atomic mass is 35.5. The number of hydrogen-bond acceptors (Lipinski definition) is 1. The Morgan fingerprint density at radius 1 is 1.38 bits per heavy atom. The highest BCUT2D eigenvalue weighted by Crippen LogP contribution is 2.30. The number of carboxylic acids is 1. The van der Waals surface area contributed by atoms with Gasteiger partial charge in [-0.1, -0.05) is 6.08 Å². The number of carbonyl (C=O) groups is 1. The quantitative estimate of drug-likeness (QED) is 0.718. The largest absolute Gasteiger partial charge is 0.481 e. The van der Waals surface area contributed by atoms with Crippen LogP contribution in [0.3, 0.4) is 0 Å². The highest BCUT2D eigenvalue weighted by molar-refractivity contribution is 5.85. The first kappa shape index (κ1) is 12.5. The van der Waals surface area contributed by atoms with Crippen molar-refractivity contribution in [1.29, 1.82) is 0 Å². The fourth-order valence-electron chi connectivity index (χ4n) is 1.88. The lowest BCUT2D eigenvalue weighted by Gasteiger charge is -2.24. The van der Waals surface area contributed by atoms with Gasteiger partial charge in [0.1, 0.15) is 0 Å². The molecule has 1 fully saturated rings. The van der Waals surface area contributed by atoms with E-state index >= 15 is 0 Å². The van der Waals surface area contributed by atoms with E-state index in [1.165, 1.54) is 0 Å². The standard InChI is InChI=1S/C10H16O2.ClH/c1-2-3-8-4-6-9(7-5-8)10(11)12;/h2,8-9H,1,3-7H2,(H,11,12);1H/t8-,9-;. The lowest BCUT2D eigenvalue weighted by molar-refractivity contribution is -0.143. The SMILES string of the molecule is C=CC[C@H]1CC[C@H](C(=O)O)CC1.Cl. The van der Waals surface area contributed by atoms with Crippen molar-refractivity contribution in [2.45, 2.75) is 32.1 Å². The molecule has 0 aromatic rings. The third-order valence-corrected chi connectivity index (χ3v) is 2.70. The molecule has 0 aromatic carbocycles. The maximum Gasteiger partial charge on any atom is 0.306 e. The summed E-state index contributed by atoms with van der Waals surface area (Å²) in [6, 6.07) is 0. The van der Waals surface area contributed by atoms with Gasteiger partial charge in [0.2, 0.25) is 0 Å². The molecule has 3 heteroatoms. The Kier molecular flexibility index (Phi) is 5.80. The van der Waals surface area contributed by atoms with Crippen molar-refractivity contribution in [3.05, 3.63) is 12.7 Å². The summed E-state index contributed by atoms with van der Waals surface area (Å²) in [5, 5.41) is 8.73.